The van der Waals surface area contributed by atoms with Gasteiger partial charge in [-0.1, -0.05) is 0 Å². The quantitative estimate of drug-likeness (QED) is 0.780. The van der Waals surface area contributed by atoms with Crippen LogP contribution in [0.4, 0.5) is 0 Å². The molecule has 16 heavy (non-hydrogen) atoms. The maximum absolute atomic E-state index is 10.8. The molecule has 1 unspecified atom stereocenters. The lowest BCUT2D eigenvalue weighted by Gasteiger charge is -2.22. The Morgan fingerprint density at radius 3 is 2.69 bits per heavy atom. The average molecular weight is 222 g/mol. The predicted octanol–water partition coefficient (Wildman–Crippen LogP) is 1.02. The van der Waals surface area contributed by atoms with E-state index in [0.29, 0.717) is 17.7 Å². The van der Waals surface area contributed by atoms with E-state index in [1.807, 2.05) is 0 Å². The molecular weight excluding hydrogens is 212 g/mol. The molecule has 0 bridgehead atoms. The Balaban J connectivity index is 2.32. The normalized spacial score (nSPS) is 18.4. The molecule has 1 aliphatic heterocycles. The monoisotopic (exact) mass is 222 g/mol. The van der Waals surface area contributed by atoms with E-state index in [1.54, 1.807) is 6.07 Å². The largest absolute Gasteiger partial charge is 0.492 e. The Morgan fingerprint density at radius 1 is 1.31 bits per heavy atom. The van der Waals surface area contributed by atoms with Crippen molar-refractivity contribution < 1.29 is 24.5 Å². The molecule has 1 atom stereocenters. The first-order valence-corrected chi connectivity index (χ1v) is 4.80. The SMILES string of the molecule is O=C(O)c1ccc2c(c1)CC(C(=O)O)CO2. The molecule has 0 fully saturated rings. The van der Waals surface area contributed by atoms with Gasteiger partial charge in [0.25, 0.3) is 0 Å². The van der Waals surface area contributed by atoms with Crippen LogP contribution < -0.4 is 4.74 Å². The Labute approximate surface area is 91.3 Å². The molecule has 1 heterocycles. The van der Waals surface area contributed by atoms with Gasteiger partial charge in [0.15, 0.2) is 0 Å². The van der Waals surface area contributed by atoms with E-state index < -0.39 is 17.9 Å². The molecule has 0 saturated carbocycles. The van der Waals surface area contributed by atoms with Crippen molar-refractivity contribution in [1.29, 1.82) is 0 Å². The van der Waals surface area contributed by atoms with Crippen molar-refractivity contribution in [2.24, 2.45) is 5.92 Å². The van der Waals surface area contributed by atoms with Gasteiger partial charge in [-0.25, -0.2) is 4.79 Å². The molecule has 0 saturated heterocycles. The van der Waals surface area contributed by atoms with Crippen LogP contribution in [0.5, 0.6) is 5.75 Å². The minimum Gasteiger partial charge on any atom is -0.492 e. The molecule has 5 nitrogen and oxygen atoms in total. The summed E-state index contributed by atoms with van der Waals surface area (Å²) in [6, 6.07) is 4.48. The number of carboxylic acid groups (broad SMARTS) is 2. The number of rotatable bonds is 2. The van der Waals surface area contributed by atoms with Gasteiger partial charge in [-0.05, 0) is 30.2 Å². The highest BCUT2D eigenvalue weighted by Gasteiger charge is 2.26. The molecule has 0 spiro atoms. The first-order chi connectivity index (χ1) is 7.58. The number of hydrogen-bond acceptors (Lipinski definition) is 3. The molecule has 2 rings (SSSR count). The van der Waals surface area contributed by atoms with Crippen molar-refractivity contribution in [2.45, 2.75) is 6.42 Å². The Hall–Kier alpha value is -2.04. The number of carbonyl (C=O) groups is 2. The zero-order valence-corrected chi connectivity index (χ0v) is 8.34. The van der Waals surface area contributed by atoms with E-state index in [1.165, 1.54) is 12.1 Å². The molecular formula is C11H10O5. The third kappa shape index (κ3) is 1.84. The summed E-state index contributed by atoms with van der Waals surface area (Å²) in [5.41, 5.74) is 0.784. The van der Waals surface area contributed by atoms with Crippen LogP contribution in [0.15, 0.2) is 18.2 Å². The zero-order chi connectivity index (χ0) is 11.7. The van der Waals surface area contributed by atoms with Crippen LogP contribution in [0.25, 0.3) is 0 Å². The summed E-state index contributed by atoms with van der Waals surface area (Å²) in [6.45, 7) is 0.134. The first kappa shape index (κ1) is 10.5. The molecule has 0 radical (unpaired) electrons. The lowest BCUT2D eigenvalue weighted by molar-refractivity contribution is -0.143. The fourth-order valence-electron chi connectivity index (χ4n) is 1.69. The van der Waals surface area contributed by atoms with Crippen molar-refractivity contribution in [1.82, 2.24) is 0 Å². The number of fused-ring (bicyclic) bond motifs is 1. The number of hydrogen-bond donors (Lipinski definition) is 2. The fraction of sp³-hybridized carbons (Fsp3) is 0.273. The maximum atomic E-state index is 10.8. The second kappa shape index (κ2) is 3.84. The van der Waals surface area contributed by atoms with Crippen LogP contribution in [0.1, 0.15) is 15.9 Å². The van der Waals surface area contributed by atoms with Gasteiger partial charge in [-0.3, -0.25) is 4.79 Å². The summed E-state index contributed by atoms with van der Waals surface area (Å²) in [4.78, 5) is 21.5. The van der Waals surface area contributed by atoms with Gasteiger partial charge in [0, 0.05) is 0 Å². The van der Waals surface area contributed by atoms with Crippen molar-refractivity contribution in [2.75, 3.05) is 6.61 Å². The maximum Gasteiger partial charge on any atom is 0.335 e. The smallest absolute Gasteiger partial charge is 0.335 e. The summed E-state index contributed by atoms with van der Waals surface area (Å²) >= 11 is 0. The van der Waals surface area contributed by atoms with Gasteiger partial charge in [0.2, 0.25) is 0 Å². The van der Waals surface area contributed by atoms with E-state index in [4.69, 9.17) is 14.9 Å². The molecule has 1 aromatic carbocycles. The number of carboxylic acids is 2. The van der Waals surface area contributed by atoms with Gasteiger partial charge >= 0.3 is 11.9 Å². The minimum atomic E-state index is -1.03. The number of aliphatic carboxylic acids is 1. The molecule has 0 aliphatic carbocycles. The van der Waals surface area contributed by atoms with E-state index in [0.717, 1.165) is 0 Å². The lowest BCUT2D eigenvalue weighted by Crippen LogP contribution is -2.28. The summed E-state index contributed by atoms with van der Waals surface area (Å²) in [7, 11) is 0. The fourth-order valence-corrected chi connectivity index (χ4v) is 1.69. The van der Waals surface area contributed by atoms with Gasteiger partial charge < -0.3 is 14.9 Å². The molecule has 0 amide bonds. The Bertz CT molecular complexity index is 452. The zero-order valence-electron chi connectivity index (χ0n) is 8.34. The van der Waals surface area contributed by atoms with Crippen LogP contribution in [0, 0.1) is 5.92 Å². The van der Waals surface area contributed by atoms with Crippen LogP contribution in [0.3, 0.4) is 0 Å². The molecule has 5 heteroatoms. The van der Waals surface area contributed by atoms with Crippen molar-refractivity contribution >= 4 is 11.9 Å². The number of ether oxygens (including phenoxy) is 1. The molecule has 0 aromatic heterocycles. The van der Waals surface area contributed by atoms with E-state index in [9.17, 15) is 9.59 Å². The van der Waals surface area contributed by atoms with Crippen LogP contribution in [0.2, 0.25) is 0 Å². The molecule has 1 aliphatic rings. The lowest BCUT2D eigenvalue weighted by atomic mass is 9.95. The number of benzene rings is 1. The standard InChI is InChI=1S/C11H10O5/c12-10(13)6-1-2-9-7(3-6)4-8(5-16-9)11(14)15/h1-3,8H,4-5H2,(H,12,13)(H,14,15). The van der Waals surface area contributed by atoms with Crippen molar-refractivity contribution in [3.05, 3.63) is 29.3 Å². The van der Waals surface area contributed by atoms with Crippen LogP contribution in [-0.4, -0.2) is 28.8 Å². The van der Waals surface area contributed by atoms with Crippen molar-refractivity contribution in [3.8, 4) is 5.75 Å². The Morgan fingerprint density at radius 2 is 2.06 bits per heavy atom. The molecule has 1 aromatic rings. The van der Waals surface area contributed by atoms with Crippen LogP contribution in [-0.2, 0) is 11.2 Å². The third-order valence-electron chi connectivity index (χ3n) is 2.56. The highest BCUT2D eigenvalue weighted by molar-refractivity contribution is 5.88. The Kier molecular flexibility index (Phi) is 2.52. The summed E-state index contributed by atoms with van der Waals surface area (Å²) in [6.07, 6.45) is 0.311. The van der Waals surface area contributed by atoms with Gasteiger partial charge in [-0.2, -0.15) is 0 Å². The van der Waals surface area contributed by atoms with Crippen molar-refractivity contribution in [3.63, 3.8) is 0 Å². The van der Waals surface area contributed by atoms with Crippen LogP contribution >= 0.6 is 0 Å². The predicted molar refractivity (Wildman–Crippen MR) is 53.7 cm³/mol. The van der Waals surface area contributed by atoms with E-state index in [2.05, 4.69) is 0 Å². The van der Waals surface area contributed by atoms with E-state index in [-0.39, 0.29) is 12.2 Å². The summed E-state index contributed by atoms with van der Waals surface area (Å²) in [5, 5.41) is 17.7. The van der Waals surface area contributed by atoms with Gasteiger partial charge in [0.05, 0.1) is 11.5 Å². The first-order valence-electron chi connectivity index (χ1n) is 4.80. The second-order valence-corrected chi connectivity index (χ2v) is 3.68. The summed E-state index contributed by atoms with van der Waals surface area (Å²) < 4.78 is 5.26. The topological polar surface area (TPSA) is 83.8 Å². The van der Waals surface area contributed by atoms with E-state index >= 15 is 0 Å². The molecule has 84 valence electrons. The second-order valence-electron chi connectivity index (χ2n) is 3.68. The summed E-state index contributed by atoms with van der Waals surface area (Å²) in [5.74, 6) is -1.98. The van der Waals surface area contributed by atoms with Gasteiger partial charge in [-0.15, -0.1) is 0 Å². The highest BCUT2D eigenvalue weighted by atomic mass is 16.5. The highest BCUT2D eigenvalue weighted by Crippen LogP contribution is 2.28. The number of aromatic carboxylic acids is 1. The molecule has 2 N–H and O–H groups in total. The van der Waals surface area contributed by atoms with Gasteiger partial charge in [0.1, 0.15) is 12.4 Å². The average Bonchev–Trinajstić information content (AvgIpc) is 2.27. The minimum absolute atomic E-state index is 0.134. The third-order valence-corrected chi connectivity index (χ3v) is 2.56.